The average Bonchev–Trinajstić information content (AvgIpc) is 3.38. The zero-order valence-corrected chi connectivity index (χ0v) is 17.5. The van der Waals surface area contributed by atoms with E-state index in [0.717, 1.165) is 15.4 Å². The molecule has 0 spiro atoms. The van der Waals surface area contributed by atoms with E-state index in [2.05, 4.69) is 30.1 Å². The summed E-state index contributed by atoms with van der Waals surface area (Å²) in [4.78, 5) is 36.6. The molecule has 0 amide bonds. The van der Waals surface area contributed by atoms with Gasteiger partial charge in [-0.1, -0.05) is 0 Å². The van der Waals surface area contributed by atoms with Gasteiger partial charge in [0.25, 0.3) is 5.56 Å². The molecule has 2 atom stereocenters. The Morgan fingerprint density at radius 2 is 1.91 bits per heavy atom. The predicted molar refractivity (Wildman–Crippen MR) is 113 cm³/mol. The van der Waals surface area contributed by atoms with Gasteiger partial charge in [0.2, 0.25) is 5.95 Å². The first-order chi connectivity index (χ1) is 16.7. The minimum atomic E-state index is -4.42. The number of aromatic amines is 2. The predicted octanol–water partition coefficient (Wildman–Crippen LogP) is 2.49. The van der Waals surface area contributed by atoms with Crippen LogP contribution in [0.4, 0.5) is 17.6 Å². The van der Waals surface area contributed by atoms with E-state index in [4.69, 9.17) is 0 Å². The van der Waals surface area contributed by atoms with Crippen molar-refractivity contribution >= 4 is 16.6 Å². The molecule has 1 aliphatic rings. The summed E-state index contributed by atoms with van der Waals surface area (Å²) < 4.78 is 55.0. The van der Waals surface area contributed by atoms with E-state index in [0.29, 0.717) is 28.6 Å². The molecule has 0 unspecified atom stereocenters. The SMILES string of the molecule is O=c1[nH]cc(-c2cc([C@@H]3C[C@H]3c3cc4c(cn3)cnn4CC(F)(F)F)c3ncc(F)n3n2)c(=O)[nH]1. The van der Waals surface area contributed by atoms with Crippen LogP contribution in [0.15, 0.2) is 46.5 Å². The monoisotopic (exact) mass is 486 g/mol. The van der Waals surface area contributed by atoms with Crippen LogP contribution in [0.1, 0.15) is 29.5 Å². The van der Waals surface area contributed by atoms with Crippen LogP contribution in [0.5, 0.6) is 0 Å². The van der Waals surface area contributed by atoms with Gasteiger partial charge >= 0.3 is 11.9 Å². The molecule has 1 aliphatic carbocycles. The summed E-state index contributed by atoms with van der Waals surface area (Å²) in [6, 6.07) is 3.18. The minimum Gasteiger partial charge on any atom is -0.313 e. The first-order valence-electron chi connectivity index (χ1n) is 10.4. The number of nitrogens with zero attached hydrogens (tertiary/aromatic N) is 6. The third kappa shape index (κ3) is 3.66. The van der Waals surface area contributed by atoms with Crippen LogP contribution in [0.2, 0.25) is 0 Å². The van der Waals surface area contributed by atoms with Crippen LogP contribution in [-0.4, -0.2) is 45.5 Å². The lowest BCUT2D eigenvalue weighted by Crippen LogP contribution is -2.23. The van der Waals surface area contributed by atoms with E-state index in [1.54, 1.807) is 12.1 Å². The molecule has 35 heavy (non-hydrogen) atoms. The largest absolute Gasteiger partial charge is 0.408 e. The van der Waals surface area contributed by atoms with Gasteiger partial charge in [-0.05, 0) is 24.5 Å². The molecule has 1 saturated carbocycles. The van der Waals surface area contributed by atoms with Crippen molar-refractivity contribution in [3.8, 4) is 11.3 Å². The molecule has 0 aromatic carbocycles. The Morgan fingerprint density at radius 1 is 1.09 bits per heavy atom. The number of pyridine rings is 1. The second-order valence-corrected chi connectivity index (χ2v) is 8.32. The molecule has 10 nitrogen and oxygen atoms in total. The Labute approximate surface area is 191 Å². The Bertz CT molecular complexity index is 1730. The van der Waals surface area contributed by atoms with Gasteiger partial charge in [-0.25, -0.2) is 9.78 Å². The van der Waals surface area contributed by atoms with Crippen molar-refractivity contribution < 1.29 is 17.6 Å². The fourth-order valence-corrected chi connectivity index (χ4v) is 4.32. The van der Waals surface area contributed by atoms with Crippen molar-refractivity contribution in [2.45, 2.75) is 31.0 Å². The van der Waals surface area contributed by atoms with Gasteiger partial charge in [-0.3, -0.25) is 19.4 Å². The molecule has 1 fully saturated rings. The number of aromatic nitrogens is 8. The number of rotatable bonds is 4. The van der Waals surface area contributed by atoms with Crippen LogP contribution in [-0.2, 0) is 6.54 Å². The maximum Gasteiger partial charge on any atom is 0.408 e. The third-order valence-corrected chi connectivity index (χ3v) is 6.00. The molecular weight excluding hydrogens is 472 g/mol. The second kappa shape index (κ2) is 7.32. The topological polar surface area (TPSA) is 127 Å². The number of H-pyrrole nitrogens is 2. The first kappa shape index (κ1) is 21.2. The summed E-state index contributed by atoms with van der Waals surface area (Å²) in [7, 11) is 0. The van der Waals surface area contributed by atoms with Gasteiger partial charge in [0, 0.05) is 35.0 Å². The van der Waals surface area contributed by atoms with Crippen molar-refractivity contribution in [3.63, 3.8) is 0 Å². The standard InChI is InChI=1S/C21H14F4N8O2/c22-17-7-27-18-12(2-15(31-33(17)18)13-6-28-20(35)30-19(13)34)10-1-11(10)14-3-16-9(4-26-14)5-29-32(16)8-21(23,24)25/h2-7,10-11H,1,8H2,(H2,28,30,34,35)/t10-,11-/m1/s1. The molecular formula is C21H14F4N8O2. The molecule has 5 heterocycles. The molecule has 2 N–H and O–H groups in total. The van der Waals surface area contributed by atoms with E-state index in [1.165, 1.54) is 18.6 Å². The number of hydrogen-bond donors (Lipinski definition) is 2. The Balaban J connectivity index is 1.41. The molecule has 178 valence electrons. The molecule has 14 heteroatoms. The minimum absolute atomic E-state index is 0.0358. The summed E-state index contributed by atoms with van der Waals surface area (Å²) in [6.07, 6.45) is 1.16. The highest BCUT2D eigenvalue weighted by Crippen LogP contribution is 2.55. The lowest BCUT2D eigenvalue weighted by molar-refractivity contribution is -0.141. The quantitative estimate of drug-likeness (QED) is 0.376. The highest BCUT2D eigenvalue weighted by Gasteiger charge is 2.43. The van der Waals surface area contributed by atoms with Gasteiger partial charge in [0.15, 0.2) is 5.65 Å². The summed E-state index contributed by atoms with van der Waals surface area (Å²) >= 11 is 0. The lowest BCUT2D eigenvalue weighted by Gasteiger charge is -2.09. The van der Waals surface area contributed by atoms with Crippen molar-refractivity contribution in [1.29, 1.82) is 0 Å². The second-order valence-electron chi connectivity index (χ2n) is 8.32. The molecule has 0 saturated heterocycles. The molecule has 5 aromatic heterocycles. The Morgan fingerprint density at radius 3 is 2.69 bits per heavy atom. The number of halogens is 4. The number of imidazole rings is 1. The van der Waals surface area contributed by atoms with Gasteiger partial charge in [0.05, 0.1) is 29.2 Å². The van der Waals surface area contributed by atoms with Crippen molar-refractivity contribution in [2.75, 3.05) is 0 Å². The zero-order chi connectivity index (χ0) is 24.5. The Hall–Kier alpha value is -4.36. The fourth-order valence-electron chi connectivity index (χ4n) is 4.32. The summed E-state index contributed by atoms with van der Waals surface area (Å²) in [5, 5.41) is 8.45. The van der Waals surface area contributed by atoms with Crippen molar-refractivity contribution in [3.05, 3.63) is 75.0 Å². The average molecular weight is 486 g/mol. The van der Waals surface area contributed by atoms with Crippen LogP contribution in [0, 0.1) is 5.95 Å². The van der Waals surface area contributed by atoms with Gasteiger partial charge < -0.3 is 4.98 Å². The number of fused-ring (bicyclic) bond motifs is 2. The zero-order valence-electron chi connectivity index (χ0n) is 17.5. The van der Waals surface area contributed by atoms with Crippen LogP contribution in [0.3, 0.4) is 0 Å². The van der Waals surface area contributed by atoms with E-state index >= 15 is 0 Å². The van der Waals surface area contributed by atoms with E-state index in [-0.39, 0.29) is 28.7 Å². The number of nitrogens with one attached hydrogen (secondary N) is 2. The molecule has 6 rings (SSSR count). The van der Waals surface area contributed by atoms with Gasteiger partial charge in [-0.15, -0.1) is 0 Å². The highest BCUT2D eigenvalue weighted by molar-refractivity contribution is 5.78. The van der Waals surface area contributed by atoms with Gasteiger partial charge in [-0.2, -0.15) is 32.3 Å². The van der Waals surface area contributed by atoms with Crippen molar-refractivity contribution in [1.82, 2.24) is 39.3 Å². The molecule has 0 radical (unpaired) electrons. The molecule has 5 aromatic rings. The van der Waals surface area contributed by atoms with E-state index in [9.17, 15) is 27.2 Å². The van der Waals surface area contributed by atoms with Gasteiger partial charge in [0.1, 0.15) is 6.54 Å². The normalized spacial score (nSPS) is 17.9. The Kier molecular flexibility index (Phi) is 4.43. The lowest BCUT2D eigenvalue weighted by atomic mass is 10.1. The highest BCUT2D eigenvalue weighted by atomic mass is 19.4. The maximum atomic E-state index is 14.4. The van der Waals surface area contributed by atoms with E-state index in [1.807, 2.05) is 0 Å². The summed E-state index contributed by atoms with van der Waals surface area (Å²) in [6.45, 7) is -1.22. The van der Waals surface area contributed by atoms with E-state index < -0.39 is 29.9 Å². The summed E-state index contributed by atoms with van der Waals surface area (Å²) in [5.74, 6) is -1.09. The number of alkyl halides is 3. The van der Waals surface area contributed by atoms with Crippen LogP contribution in [0.25, 0.3) is 27.8 Å². The molecule has 0 bridgehead atoms. The molecule has 0 aliphatic heterocycles. The first-order valence-corrected chi connectivity index (χ1v) is 10.4. The number of hydrogen-bond acceptors (Lipinski definition) is 6. The smallest absolute Gasteiger partial charge is 0.313 e. The third-order valence-electron chi connectivity index (χ3n) is 6.00. The van der Waals surface area contributed by atoms with Crippen molar-refractivity contribution in [2.24, 2.45) is 0 Å². The van der Waals surface area contributed by atoms with Crippen LogP contribution < -0.4 is 11.2 Å². The maximum absolute atomic E-state index is 14.4. The summed E-state index contributed by atoms with van der Waals surface area (Å²) in [5.41, 5.74) is 0.504. The van der Waals surface area contributed by atoms with Crippen LogP contribution >= 0.6 is 0 Å². The fraction of sp³-hybridized carbons (Fsp3) is 0.238.